The van der Waals surface area contributed by atoms with Gasteiger partial charge in [0, 0.05) is 17.2 Å². The van der Waals surface area contributed by atoms with E-state index >= 15 is 0 Å². The number of methoxy groups -OCH3 is 1. The highest BCUT2D eigenvalue weighted by atomic mass is 16.5. The number of para-hydroxylation sites is 2. The van der Waals surface area contributed by atoms with Crippen LogP contribution in [0.2, 0.25) is 0 Å². The second kappa shape index (κ2) is 10.6. The minimum absolute atomic E-state index is 0.401. The van der Waals surface area contributed by atoms with E-state index in [1.54, 1.807) is 7.11 Å². The van der Waals surface area contributed by atoms with Crippen LogP contribution in [-0.4, -0.2) is 28.5 Å². The van der Waals surface area contributed by atoms with Crippen molar-refractivity contribution in [2.75, 3.05) is 23.3 Å². The van der Waals surface area contributed by atoms with Crippen molar-refractivity contribution in [3.63, 3.8) is 0 Å². The second-order valence-electron chi connectivity index (χ2n) is 9.95. The highest BCUT2D eigenvalue weighted by Crippen LogP contribution is 2.28. The first kappa shape index (κ1) is 24.6. The molecule has 8 nitrogen and oxygen atoms in total. The van der Waals surface area contributed by atoms with Crippen LogP contribution in [-0.2, 0) is 12.8 Å². The number of benzene rings is 3. The molecule has 196 valence electrons. The SMILES string of the molecule is COc1ccccc1Nc1nc(NN=C2CCc3ccc(C)cc32)cc(NN=C2CCc3ccc(C)cc32)n1. The standard InChI is InChI=1S/C31H31N7O/c1-19-8-10-21-12-14-25(23(21)16-19)35-37-29-18-30(34-31(33-29)32-27-6-4-5-7-28(27)39-3)38-36-26-15-13-22-11-9-20(2)17-24(22)26/h4-11,16-18H,12-15H2,1-3H3,(H3,32,33,34,37,38). The molecule has 2 aliphatic carbocycles. The van der Waals surface area contributed by atoms with Crippen molar-refractivity contribution >= 4 is 34.7 Å². The molecule has 0 unspecified atom stereocenters. The summed E-state index contributed by atoms with van der Waals surface area (Å²) in [7, 11) is 1.64. The zero-order chi connectivity index (χ0) is 26.8. The predicted octanol–water partition coefficient (Wildman–Crippen LogP) is 6.37. The van der Waals surface area contributed by atoms with Crippen LogP contribution in [0.25, 0.3) is 0 Å². The maximum Gasteiger partial charge on any atom is 0.231 e. The van der Waals surface area contributed by atoms with Gasteiger partial charge in [-0.25, -0.2) is 0 Å². The van der Waals surface area contributed by atoms with Crippen LogP contribution in [0.5, 0.6) is 5.75 Å². The van der Waals surface area contributed by atoms with Crippen LogP contribution in [0.1, 0.15) is 46.2 Å². The lowest BCUT2D eigenvalue weighted by molar-refractivity contribution is 0.417. The molecule has 6 rings (SSSR count). The number of aromatic nitrogens is 2. The molecule has 1 aromatic heterocycles. The minimum Gasteiger partial charge on any atom is -0.495 e. The molecular formula is C31H31N7O. The van der Waals surface area contributed by atoms with Crippen LogP contribution in [0.15, 0.2) is 76.9 Å². The summed E-state index contributed by atoms with van der Waals surface area (Å²) >= 11 is 0. The van der Waals surface area contributed by atoms with Gasteiger partial charge in [-0.15, -0.1) is 0 Å². The van der Waals surface area contributed by atoms with Crippen LogP contribution < -0.4 is 20.9 Å². The quantitative estimate of drug-likeness (QED) is 0.247. The van der Waals surface area contributed by atoms with E-state index in [-0.39, 0.29) is 0 Å². The van der Waals surface area contributed by atoms with Gasteiger partial charge < -0.3 is 10.1 Å². The van der Waals surface area contributed by atoms with E-state index in [4.69, 9.17) is 14.9 Å². The molecule has 0 aliphatic heterocycles. The lowest BCUT2D eigenvalue weighted by Gasteiger charge is -2.12. The summed E-state index contributed by atoms with van der Waals surface area (Å²) in [6.45, 7) is 4.21. The van der Waals surface area contributed by atoms with Gasteiger partial charge in [0.2, 0.25) is 5.95 Å². The number of fused-ring (bicyclic) bond motifs is 2. The summed E-state index contributed by atoms with van der Waals surface area (Å²) < 4.78 is 5.50. The van der Waals surface area contributed by atoms with E-state index in [1.807, 2.05) is 30.3 Å². The Morgan fingerprint density at radius 1 is 0.692 bits per heavy atom. The van der Waals surface area contributed by atoms with Gasteiger partial charge in [0.1, 0.15) is 5.75 Å². The van der Waals surface area contributed by atoms with E-state index in [1.165, 1.54) is 33.4 Å². The average molecular weight is 518 g/mol. The normalized spacial score (nSPS) is 15.8. The number of ether oxygens (including phenoxy) is 1. The number of hydrazone groups is 2. The molecule has 2 aliphatic rings. The van der Waals surface area contributed by atoms with Crippen LogP contribution in [0, 0.1) is 13.8 Å². The van der Waals surface area contributed by atoms with Gasteiger partial charge in [-0.1, -0.05) is 47.5 Å². The molecule has 1 heterocycles. The number of hydrogen-bond acceptors (Lipinski definition) is 8. The lowest BCUT2D eigenvalue weighted by atomic mass is 10.1. The molecule has 0 amide bonds. The maximum absolute atomic E-state index is 5.50. The van der Waals surface area contributed by atoms with Crippen molar-refractivity contribution in [3.05, 3.63) is 100 Å². The van der Waals surface area contributed by atoms with Crippen molar-refractivity contribution in [1.29, 1.82) is 0 Å². The second-order valence-corrected chi connectivity index (χ2v) is 9.95. The van der Waals surface area contributed by atoms with E-state index in [9.17, 15) is 0 Å². The smallest absolute Gasteiger partial charge is 0.231 e. The lowest BCUT2D eigenvalue weighted by Crippen LogP contribution is -2.07. The molecule has 0 saturated heterocycles. The number of anilines is 4. The molecule has 0 spiro atoms. The van der Waals surface area contributed by atoms with Gasteiger partial charge in [0.25, 0.3) is 0 Å². The largest absolute Gasteiger partial charge is 0.495 e. The highest BCUT2D eigenvalue weighted by molar-refractivity contribution is 6.05. The van der Waals surface area contributed by atoms with Gasteiger partial charge in [-0.05, 0) is 74.9 Å². The average Bonchev–Trinajstić information content (AvgIpc) is 3.54. The zero-order valence-electron chi connectivity index (χ0n) is 22.4. The van der Waals surface area contributed by atoms with Crippen LogP contribution >= 0.6 is 0 Å². The fraction of sp³-hybridized carbons (Fsp3) is 0.226. The Morgan fingerprint density at radius 3 is 1.82 bits per heavy atom. The Kier molecular flexibility index (Phi) is 6.67. The van der Waals surface area contributed by atoms with Crippen LogP contribution in [0.3, 0.4) is 0 Å². The minimum atomic E-state index is 0.401. The molecular weight excluding hydrogens is 486 g/mol. The van der Waals surface area contributed by atoms with Gasteiger partial charge in [-0.2, -0.15) is 20.2 Å². The first-order valence-electron chi connectivity index (χ1n) is 13.2. The van der Waals surface area contributed by atoms with Gasteiger partial charge in [0.15, 0.2) is 11.6 Å². The summed E-state index contributed by atoms with van der Waals surface area (Å²) in [5.41, 5.74) is 16.7. The number of aryl methyl sites for hydroxylation is 4. The zero-order valence-corrected chi connectivity index (χ0v) is 22.4. The summed E-state index contributed by atoms with van der Waals surface area (Å²) in [6.07, 6.45) is 3.76. The van der Waals surface area contributed by atoms with Crippen molar-refractivity contribution in [1.82, 2.24) is 9.97 Å². The summed E-state index contributed by atoms with van der Waals surface area (Å²) in [5.74, 6) is 2.21. The third kappa shape index (κ3) is 5.31. The predicted molar refractivity (Wildman–Crippen MR) is 158 cm³/mol. The van der Waals surface area contributed by atoms with Gasteiger partial charge in [-0.3, -0.25) is 10.9 Å². The molecule has 0 atom stereocenters. The maximum atomic E-state index is 5.50. The number of hydrogen-bond donors (Lipinski definition) is 3. The number of nitrogens with one attached hydrogen (secondary N) is 3. The van der Waals surface area contributed by atoms with Gasteiger partial charge >= 0.3 is 0 Å². The molecule has 4 aromatic rings. The monoisotopic (exact) mass is 517 g/mol. The fourth-order valence-corrected chi connectivity index (χ4v) is 5.10. The van der Waals surface area contributed by atoms with E-state index in [0.717, 1.165) is 42.8 Å². The molecule has 3 N–H and O–H groups in total. The summed E-state index contributed by atoms with van der Waals surface area (Å²) in [5, 5.41) is 12.8. The molecule has 39 heavy (non-hydrogen) atoms. The number of nitrogens with zero attached hydrogens (tertiary/aromatic N) is 4. The first-order valence-corrected chi connectivity index (χ1v) is 13.2. The van der Waals surface area contributed by atoms with Crippen molar-refractivity contribution in [3.8, 4) is 5.75 Å². The first-order chi connectivity index (χ1) is 19.1. The van der Waals surface area contributed by atoms with E-state index < -0.39 is 0 Å². The van der Waals surface area contributed by atoms with E-state index in [0.29, 0.717) is 23.3 Å². The van der Waals surface area contributed by atoms with Gasteiger partial charge in [0.05, 0.1) is 24.2 Å². The van der Waals surface area contributed by atoms with Crippen LogP contribution in [0.4, 0.5) is 23.3 Å². The van der Waals surface area contributed by atoms with E-state index in [2.05, 4.69) is 76.4 Å². The van der Waals surface area contributed by atoms with Crippen molar-refractivity contribution in [2.45, 2.75) is 39.5 Å². The topological polar surface area (TPSA) is 95.8 Å². The Bertz CT molecular complexity index is 1520. The molecule has 0 fully saturated rings. The molecule has 3 aromatic carbocycles. The molecule has 0 bridgehead atoms. The number of rotatable bonds is 7. The third-order valence-corrected chi connectivity index (χ3v) is 7.11. The Labute approximate surface area is 228 Å². The fourth-order valence-electron chi connectivity index (χ4n) is 5.10. The van der Waals surface area contributed by atoms with Crippen molar-refractivity contribution < 1.29 is 4.74 Å². The Morgan fingerprint density at radius 2 is 1.26 bits per heavy atom. The highest BCUT2D eigenvalue weighted by Gasteiger charge is 2.19. The Balaban J connectivity index is 1.31. The molecule has 0 saturated carbocycles. The van der Waals surface area contributed by atoms with Crippen molar-refractivity contribution in [2.24, 2.45) is 10.2 Å². The third-order valence-electron chi connectivity index (χ3n) is 7.11. The summed E-state index contributed by atoms with van der Waals surface area (Å²) in [6, 6.07) is 22.6. The Hall–Kier alpha value is -4.72. The molecule has 8 heteroatoms. The molecule has 0 radical (unpaired) electrons. The summed E-state index contributed by atoms with van der Waals surface area (Å²) in [4.78, 5) is 9.36.